The minimum Gasteiger partial charge on any atom is -0.270 e. The lowest BCUT2D eigenvalue weighted by atomic mass is 10.3. The normalized spacial score (nSPS) is 11.7. The van der Waals surface area contributed by atoms with Gasteiger partial charge in [0, 0.05) is 9.61 Å². The summed E-state index contributed by atoms with van der Waals surface area (Å²) in [7, 11) is -3.46. The molecule has 6 heteroatoms. The van der Waals surface area contributed by atoms with E-state index in [1.54, 1.807) is 26.0 Å². The molecule has 0 aromatic heterocycles. The molecule has 1 aromatic carbocycles. The van der Waals surface area contributed by atoms with Crippen LogP contribution in [0.5, 0.6) is 0 Å². The van der Waals surface area contributed by atoms with E-state index in [4.69, 9.17) is 0 Å². The van der Waals surface area contributed by atoms with Crippen LogP contribution in [0.2, 0.25) is 0 Å². The fourth-order valence-electron chi connectivity index (χ4n) is 1.03. The van der Waals surface area contributed by atoms with Crippen molar-refractivity contribution in [3.63, 3.8) is 0 Å². The third-order valence-electron chi connectivity index (χ3n) is 1.51. The summed E-state index contributed by atoms with van der Waals surface area (Å²) < 4.78 is 28.9. The topological polar surface area (TPSA) is 58.2 Å². The molecular weight excluding hydrogens is 327 g/mol. The number of hydrogen-bond acceptors (Lipinski definition) is 2. The van der Waals surface area contributed by atoms with Crippen LogP contribution in [0.25, 0.3) is 0 Å². The van der Waals surface area contributed by atoms with Gasteiger partial charge in [-0.2, -0.15) is 13.1 Å². The van der Waals surface area contributed by atoms with Gasteiger partial charge in [0.15, 0.2) is 0 Å². The molecular formula is C9H13IN2O2S. The molecule has 0 amide bonds. The second kappa shape index (κ2) is 5.13. The Balaban J connectivity index is 2.83. The maximum absolute atomic E-state index is 11.5. The van der Waals surface area contributed by atoms with Gasteiger partial charge in [0.05, 0.1) is 5.69 Å². The first-order chi connectivity index (χ1) is 6.91. The van der Waals surface area contributed by atoms with Gasteiger partial charge in [-0.05, 0) is 48.6 Å². The van der Waals surface area contributed by atoms with Crippen molar-refractivity contribution < 1.29 is 8.42 Å². The van der Waals surface area contributed by atoms with Crippen molar-refractivity contribution in [3.05, 3.63) is 27.8 Å². The highest BCUT2D eigenvalue weighted by Gasteiger charge is 2.12. The minimum absolute atomic E-state index is 0.121. The summed E-state index contributed by atoms with van der Waals surface area (Å²) in [5.74, 6) is 0. The predicted octanol–water partition coefficient (Wildman–Crippen LogP) is 1.95. The molecule has 0 bridgehead atoms. The Hall–Kier alpha value is -0.340. The summed E-state index contributed by atoms with van der Waals surface area (Å²) in [5.41, 5.74) is 0.589. The molecule has 0 spiro atoms. The van der Waals surface area contributed by atoms with E-state index < -0.39 is 10.2 Å². The highest BCUT2D eigenvalue weighted by molar-refractivity contribution is 14.1. The average molecular weight is 340 g/mol. The standard InChI is InChI=1S/C9H13IN2O2S/c1-7(2)11-15(13,14)12-9-6-4-3-5-8(9)10/h3-7,11-12H,1-2H3. The molecule has 84 valence electrons. The Morgan fingerprint density at radius 3 is 2.40 bits per heavy atom. The zero-order valence-electron chi connectivity index (χ0n) is 8.49. The average Bonchev–Trinajstić information content (AvgIpc) is 2.06. The van der Waals surface area contributed by atoms with E-state index in [1.807, 2.05) is 12.1 Å². The molecule has 0 aliphatic heterocycles. The van der Waals surface area contributed by atoms with Crippen LogP contribution in [-0.2, 0) is 10.2 Å². The van der Waals surface area contributed by atoms with E-state index in [2.05, 4.69) is 32.0 Å². The largest absolute Gasteiger partial charge is 0.299 e. The van der Waals surface area contributed by atoms with Gasteiger partial charge in [-0.1, -0.05) is 12.1 Å². The van der Waals surface area contributed by atoms with Crippen LogP contribution >= 0.6 is 22.6 Å². The lowest BCUT2D eigenvalue weighted by Crippen LogP contribution is -2.35. The molecule has 0 unspecified atom stereocenters. The molecule has 4 nitrogen and oxygen atoms in total. The molecule has 0 saturated heterocycles. The Bertz CT molecular complexity index is 431. The molecule has 0 heterocycles. The van der Waals surface area contributed by atoms with Crippen molar-refractivity contribution in [1.82, 2.24) is 4.72 Å². The number of hydrogen-bond donors (Lipinski definition) is 2. The van der Waals surface area contributed by atoms with Gasteiger partial charge in [-0.3, -0.25) is 4.72 Å². The number of anilines is 1. The molecule has 0 fully saturated rings. The van der Waals surface area contributed by atoms with Gasteiger partial charge in [-0.25, -0.2) is 0 Å². The van der Waals surface area contributed by atoms with Gasteiger partial charge in [-0.15, -0.1) is 0 Å². The number of rotatable bonds is 4. The summed E-state index contributed by atoms with van der Waals surface area (Å²) >= 11 is 2.08. The Kier molecular flexibility index (Phi) is 4.35. The Morgan fingerprint density at radius 1 is 1.27 bits per heavy atom. The second-order valence-corrected chi connectivity index (χ2v) is 5.97. The molecule has 1 rings (SSSR count). The second-order valence-electron chi connectivity index (χ2n) is 3.36. The molecule has 0 aliphatic carbocycles. The van der Waals surface area contributed by atoms with Gasteiger partial charge in [0.1, 0.15) is 0 Å². The van der Waals surface area contributed by atoms with Crippen LogP contribution in [-0.4, -0.2) is 14.5 Å². The van der Waals surface area contributed by atoms with E-state index in [0.29, 0.717) is 5.69 Å². The summed E-state index contributed by atoms with van der Waals surface area (Å²) in [6.45, 7) is 3.55. The first-order valence-corrected chi connectivity index (χ1v) is 7.01. The summed E-state index contributed by atoms with van der Waals surface area (Å²) in [6, 6.07) is 7.09. The first kappa shape index (κ1) is 12.7. The zero-order valence-corrected chi connectivity index (χ0v) is 11.5. The zero-order chi connectivity index (χ0) is 11.5. The van der Waals surface area contributed by atoms with Crippen LogP contribution in [0, 0.1) is 3.57 Å². The van der Waals surface area contributed by atoms with Crippen molar-refractivity contribution >= 4 is 38.5 Å². The van der Waals surface area contributed by atoms with Crippen LogP contribution in [0.15, 0.2) is 24.3 Å². The van der Waals surface area contributed by atoms with Gasteiger partial charge in [0.2, 0.25) is 0 Å². The molecule has 0 saturated carbocycles. The van der Waals surface area contributed by atoms with Crippen molar-refractivity contribution in [2.24, 2.45) is 0 Å². The smallest absolute Gasteiger partial charge is 0.270 e. The molecule has 0 aliphatic rings. The molecule has 2 N–H and O–H groups in total. The molecule has 15 heavy (non-hydrogen) atoms. The molecule has 1 aromatic rings. The van der Waals surface area contributed by atoms with Crippen LogP contribution in [0.1, 0.15) is 13.8 Å². The lowest BCUT2D eigenvalue weighted by molar-refractivity contribution is 0.575. The highest BCUT2D eigenvalue weighted by atomic mass is 127. The van der Waals surface area contributed by atoms with Crippen LogP contribution in [0.4, 0.5) is 5.69 Å². The fourth-order valence-corrected chi connectivity index (χ4v) is 2.88. The maximum Gasteiger partial charge on any atom is 0.299 e. The number of para-hydroxylation sites is 1. The van der Waals surface area contributed by atoms with E-state index >= 15 is 0 Å². The van der Waals surface area contributed by atoms with E-state index in [0.717, 1.165) is 3.57 Å². The van der Waals surface area contributed by atoms with E-state index in [9.17, 15) is 8.42 Å². The quantitative estimate of drug-likeness (QED) is 0.823. The van der Waals surface area contributed by atoms with Gasteiger partial charge < -0.3 is 0 Å². The Labute approximate surface area is 104 Å². The first-order valence-electron chi connectivity index (χ1n) is 4.45. The van der Waals surface area contributed by atoms with Crippen LogP contribution < -0.4 is 9.44 Å². The third-order valence-corrected chi connectivity index (χ3v) is 3.72. The van der Waals surface area contributed by atoms with Crippen LogP contribution in [0.3, 0.4) is 0 Å². The number of benzene rings is 1. The van der Waals surface area contributed by atoms with Crippen molar-refractivity contribution in [2.45, 2.75) is 19.9 Å². The van der Waals surface area contributed by atoms with Gasteiger partial charge in [0.25, 0.3) is 10.2 Å². The van der Waals surface area contributed by atoms with Crippen molar-refractivity contribution in [1.29, 1.82) is 0 Å². The lowest BCUT2D eigenvalue weighted by Gasteiger charge is -2.12. The monoisotopic (exact) mass is 340 g/mol. The SMILES string of the molecule is CC(C)NS(=O)(=O)Nc1ccccc1I. The molecule has 0 radical (unpaired) electrons. The summed E-state index contributed by atoms with van der Waals surface area (Å²) in [6.07, 6.45) is 0. The number of halogens is 1. The number of nitrogens with one attached hydrogen (secondary N) is 2. The van der Waals surface area contributed by atoms with Gasteiger partial charge >= 0.3 is 0 Å². The van der Waals surface area contributed by atoms with E-state index in [1.165, 1.54) is 0 Å². The summed E-state index contributed by atoms with van der Waals surface area (Å²) in [5, 5.41) is 0. The highest BCUT2D eigenvalue weighted by Crippen LogP contribution is 2.17. The van der Waals surface area contributed by atoms with Crippen molar-refractivity contribution in [3.8, 4) is 0 Å². The predicted molar refractivity (Wildman–Crippen MR) is 70.0 cm³/mol. The van der Waals surface area contributed by atoms with E-state index in [-0.39, 0.29) is 6.04 Å². The maximum atomic E-state index is 11.5. The summed E-state index contributed by atoms with van der Waals surface area (Å²) in [4.78, 5) is 0. The minimum atomic E-state index is -3.46. The van der Waals surface area contributed by atoms with Crippen molar-refractivity contribution in [2.75, 3.05) is 4.72 Å². The Morgan fingerprint density at radius 2 is 1.87 bits per heavy atom. The molecule has 0 atom stereocenters. The fraction of sp³-hybridized carbons (Fsp3) is 0.333. The third kappa shape index (κ3) is 4.35.